The van der Waals surface area contributed by atoms with E-state index in [1.54, 1.807) is 0 Å². The highest BCUT2D eigenvalue weighted by atomic mass is 19.4. The molecule has 0 spiro atoms. The molecule has 3 rings (SSSR count). The zero-order valence-corrected chi connectivity index (χ0v) is 14.5. The van der Waals surface area contributed by atoms with E-state index in [9.17, 15) is 22.8 Å². The SMILES string of the molecule is O=C(NCCc1ccc(C(F)(F)F)cc1)[C@@H]1CC(=O)N(C2CCCC2)C1. The van der Waals surface area contributed by atoms with Crippen LogP contribution in [-0.4, -0.2) is 35.8 Å². The van der Waals surface area contributed by atoms with Crippen LogP contribution >= 0.6 is 0 Å². The summed E-state index contributed by atoms with van der Waals surface area (Å²) in [5, 5.41) is 2.81. The topological polar surface area (TPSA) is 49.4 Å². The normalized spacial score (nSPS) is 21.4. The van der Waals surface area contributed by atoms with Crippen LogP contribution in [0.4, 0.5) is 13.2 Å². The Morgan fingerprint density at radius 1 is 1.15 bits per heavy atom. The second kappa shape index (κ2) is 7.68. The fourth-order valence-corrected chi connectivity index (χ4v) is 3.81. The molecule has 1 saturated carbocycles. The lowest BCUT2D eigenvalue weighted by Crippen LogP contribution is -2.37. The number of hydrogen-bond acceptors (Lipinski definition) is 2. The molecule has 7 heteroatoms. The molecule has 0 radical (unpaired) electrons. The Morgan fingerprint density at radius 2 is 1.81 bits per heavy atom. The summed E-state index contributed by atoms with van der Waals surface area (Å²) in [4.78, 5) is 26.3. The molecule has 1 aromatic rings. The first-order chi connectivity index (χ1) is 12.3. The van der Waals surface area contributed by atoms with E-state index in [2.05, 4.69) is 5.32 Å². The van der Waals surface area contributed by atoms with Crippen molar-refractivity contribution in [2.45, 2.75) is 50.7 Å². The van der Waals surface area contributed by atoms with E-state index in [0.717, 1.165) is 43.4 Å². The Balaban J connectivity index is 1.45. The molecule has 1 saturated heterocycles. The van der Waals surface area contributed by atoms with Crippen LogP contribution in [-0.2, 0) is 22.2 Å². The Labute approximate surface area is 150 Å². The predicted octanol–water partition coefficient (Wildman–Crippen LogP) is 3.16. The quantitative estimate of drug-likeness (QED) is 0.868. The summed E-state index contributed by atoms with van der Waals surface area (Å²) in [6, 6.07) is 5.23. The average molecular weight is 368 g/mol. The van der Waals surface area contributed by atoms with Crippen molar-refractivity contribution in [3.63, 3.8) is 0 Å². The molecule has 1 heterocycles. The third-order valence-electron chi connectivity index (χ3n) is 5.29. The monoisotopic (exact) mass is 368 g/mol. The van der Waals surface area contributed by atoms with Crippen LogP contribution in [0.3, 0.4) is 0 Å². The van der Waals surface area contributed by atoms with Gasteiger partial charge in [-0.3, -0.25) is 9.59 Å². The van der Waals surface area contributed by atoms with Crippen LogP contribution in [0.15, 0.2) is 24.3 Å². The third kappa shape index (κ3) is 4.37. The number of likely N-dealkylation sites (tertiary alicyclic amines) is 1. The van der Waals surface area contributed by atoms with E-state index in [-0.39, 0.29) is 30.2 Å². The van der Waals surface area contributed by atoms with Gasteiger partial charge in [0.2, 0.25) is 11.8 Å². The fraction of sp³-hybridized carbons (Fsp3) is 0.579. The van der Waals surface area contributed by atoms with Crippen LogP contribution in [0.5, 0.6) is 0 Å². The number of benzene rings is 1. The van der Waals surface area contributed by atoms with Crippen molar-refractivity contribution in [2.75, 3.05) is 13.1 Å². The molecular weight excluding hydrogens is 345 g/mol. The van der Waals surface area contributed by atoms with Crippen LogP contribution < -0.4 is 5.32 Å². The molecule has 142 valence electrons. The molecule has 0 unspecified atom stereocenters. The van der Waals surface area contributed by atoms with Crippen molar-refractivity contribution in [2.24, 2.45) is 5.92 Å². The van der Waals surface area contributed by atoms with Gasteiger partial charge in [0.15, 0.2) is 0 Å². The van der Waals surface area contributed by atoms with Gasteiger partial charge in [0.1, 0.15) is 0 Å². The largest absolute Gasteiger partial charge is 0.416 e. The van der Waals surface area contributed by atoms with E-state index in [1.165, 1.54) is 12.1 Å². The highest BCUT2D eigenvalue weighted by Crippen LogP contribution is 2.30. The van der Waals surface area contributed by atoms with E-state index in [4.69, 9.17) is 0 Å². The van der Waals surface area contributed by atoms with Crippen LogP contribution in [0.1, 0.15) is 43.2 Å². The molecule has 2 fully saturated rings. The minimum Gasteiger partial charge on any atom is -0.355 e. The highest BCUT2D eigenvalue weighted by Gasteiger charge is 2.38. The minimum atomic E-state index is -4.34. The first-order valence-electron chi connectivity index (χ1n) is 9.08. The van der Waals surface area contributed by atoms with Gasteiger partial charge in [-0.2, -0.15) is 13.2 Å². The average Bonchev–Trinajstić information content (AvgIpc) is 3.23. The van der Waals surface area contributed by atoms with Crippen molar-refractivity contribution < 1.29 is 22.8 Å². The summed E-state index contributed by atoms with van der Waals surface area (Å²) in [5.74, 6) is -0.416. The minimum absolute atomic E-state index is 0.0554. The molecule has 0 bridgehead atoms. The van der Waals surface area contributed by atoms with Crippen molar-refractivity contribution in [3.05, 3.63) is 35.4 Å². The second-order valence-corrected chi connectivity index (χ2v) is 7.12. The van der Waals surface area contributed by atoms with Crippen LogP contribution in [0, 0.1) is 5.92 Å². The molecule has 0 aromatic heterocycles. The molecule has 1 aliphatic heterocycles. The lowest BCUT2D eigenvalue weighted by Gasteiger charge is -2.23. The number of amides is 2. The summed E-state index contributed by atoms with van der Waals surface area (Å²) in [6.45, 7) is 0.827. The van der Waals surface area contributed by atoms with Gasteiger partial charge < -0.3 is 10.2 Å². The Bertz CT molecular complexity index is 652. The van der Waals surface area contributed by atoms with Gasteiger partial charge in [0.25, 0.3) is 0 Å². The Hall–Kier alpha value is -2.05. The summed E-state index contributed by atoms with van der Waals surface area (Å²) in [5.41, 5.74) is 0.0511. The summed E-state index contributed by atoms with van der Waals surface area (Å²) in [7, 11) is 0. The van der Waals surface area contributed by atoms with E-state index in [1.807, 2.05) is 4.90 Å². The third-order valence-corrected chi connectivity index (χ3v) is 5.29. The van der Waals surface area contributed by atoms with Gasteiger partial charge >= 0.3 is 6.18 Å². The van der Waals surface area contributed by atoms with E-state index >= 15 is 0 Å². The van der Waals surface area contributed by atoms with Gasteiger partial charge in [-0.05, 0) is 37.0 Å². The first kappa shape index (κ1) is 18.7. The molecule has 1 atom stereocenters. The van der Waals surface area contributed by atoms with Crippen molar-refractivity contribution >= 4 is 11.8 Å². The molecular formula is C19H23F3N2O2. The summed E-state index contributed by atoms with van der Waals surface area (Å²) >= 11 is 0. The first-order valence-corrected chi connectivity index (χ1v) is 9.08. The number of nitrogens with zero attached hydrogens (tertiary/aromatic N) is 1. The number of alkyl halides is 3. The van der Waals surface area contributed by atoms with E-state index in [0.29, 0.717) is 19.5 Å². The Morgan fingerprint density at radius 3 is 2.42 bits per heavy atom. The number of hydrogen-bond donors (Lipinski definition) is 1. The van der Waals surface area contributed by atoms with Gasteiger partial charge in [0.05, 0.1) is 11.5 Å². The maximum absolute atomic E-state index is 12.5. The Kier molecular flexibility index (Phi) is 5.53. The zero-order chi connectivity index (χ0) is 18.7. The maximum Gasteiger partial charge on any atom is 0.416 e. The van der Waals surface area contributed by atoms with Gasteiger partial charge in [-0.15, -0.1) is 0 Å². The van der Waals surface area contributed by atoms with Crippen molar-refractivity contribution in [3.8, 4) is 0 Å². The molecule has 1 aromatic carbocycles. The standard InChI is InChI=1S/C19H23F3N2O2/c20-19(21,22)15-7-5-13(6-8-15)9-10-23-18(26)14-11-17(25)24(12-14)16-3-1-2-4-16/h5-8,14,16H,1-4,9-12H2,(H,23,26)/t14-/m1/s1. The number of carbonyl (C=O) groups excluding carboxylic acids is 2. The predicted molar refractivity (Wildman–Crippen MR) is 90.2 cm³/mol. The summed E-state index contributed by atoms with van der Waals surface area (Å²) < 4.78 is 37.6. The second-order valence-electron chi connectivity index (χ2n) is 7.12. The summed E-state index contributed by atoms with van der Waals surface area (Å²) in [6.07, 6.45) is 0.686. The lowest BCUT2D eigenvalue weighted by molar-refractivity contribution is -0.137. The number of carbonyl (C=O) groups is 2. The van der Waals surface area contributed by atoms with E-state index < -0.39 is 11.7 Å². The van der Waals surface area contributed by atoms with Gasteiger partial charge in [-0.25, -0.2) is 0 Å². The van der Waals surface area contributed by atoms with Crippen LogP contribution in [0.2, 0.25) is 0 Å². The molecule has 26 heavy (non-hydrogen) atoms. The highest BCUT2D eigenvalue weighted by molar-refractivity contribution is 5.89. The zero-order valence-electron chi connectivity index (χ0n) is 14.5. The lowest BCUT2D eigenvalue weighted by atomic mass is 10.1. The molecule has 2 aliphatic rings. The molecule has 1 N–H and O–H groups in total. The van der Waals surface area contributed by atoms with Crippen molar-refractivity contribution in [1.29, 1.82) is 0 Å². The van der Waals surface area contributed by atoms with Crippen LogP contribution in [0.25, 0.3) is 0 Å². The maximum atomic E-state index is 12.5. The number of rotatable bonds is 5. The molecule has 2 amide bonds. The smallest absolute Gasteiger partial charge is 0.355 e. The number of halogens is 3. The molecule has 1 aliphatic carbocycles. The molecule has 4 nitrogen and oxygen atoms in total. The fourth-order valence-electron chi connectivity index (χ4n) is 3.81. The van der Waals surface area contributed by atoms with Gasteiger partial charge in [0, 0.05) is 25.6 Å². The van der Waals surface area contributed by atoms with Crippen molar-refractivity contribution in [1.82, 2.24) is 10.2 Å². The van der Waals surface area contributed by atoms with Gasteiger partial charge in [-0.1, -0.05) is 25.0 Å². The number of nitrogens with one attached hydrogen (secondary N) is 1.